The fourth-order valence-corrected chi connectivity index (χ4v) is 2.08. The molecule has 0 aliphatic rings. The second-order valence-electron chi connectivity index (χ2n) is 5.10. The first-order valence-electron chi connectivity index (χ1n) is 6.91. The minimum absolute atomic E-state index is 0.516. The summed E-state index contributed by atoms with van der Waals surface area (Å²) >= 11 is 0. The van der Waals surface area contributed by atoms with Gasteiger partial charge >= 0.3 is 0 Å². The van der Waals surface area contributed by atoms with E-state index in [9.17, 15) is 0 Å². The van der Waals surface area contributed by atoms with Crippen LogP contribution < -0.4 is 5.32 Å². The third-order valence-electron chi connectivity index (χ3n) is 3.24. The van der Waals surface area contributed by atoms with Crippen LogP contribution in [-0.2, 0) is 6.54 Å². The highest BCUT2D eigenvalue weighted by Gasteiger charge is 2.08. The minimum atomic E-state index is 0.516. The summed E-state index contributed by atoms with van der Waals surface area (Å²) in [7, 11) is 0. The van der Waals surface area contributed by atoms with Crippen LogP contribution in [0.25, 0.3) is 11.4 Å². The van der Waals surface area contributed by atoms with Crippen LogP contribution in [-0.4, -0.2) is 10.1 Å². The van der Waals surface area contributed by atoms with Crippen molar-refractivity contribution in [1.29, 1.82) is 0 Å². The first kappa shape index (κ1) is 13.4. The third-order valence-corrected chi connectivity index (χ3v) is 3.24. The Kier molecular flexibility index (Phi) is 3.69. The zero-order valence-electron chi connectivity index (χ0n) is 12.1. The van der Waals surface area contributed by atoms with E-state index in [4.69, 9.17) is 4.52 Å². The first-order chi connectivity index (χ1) is 10.2. The van der Waals surface area contributed by atoms with Crippen molar-refractivity contribution in [2.24, 2.45) is 0 Å². The fourth-order valence-electron chi connectivity index (χ4n) is 2.08. The monoisotopic (exact) mass is 279 g/mol. The molecule has 106 valence electrons. The van der Waals surface area contributed by atoms with Crippen molar-refractivity contribution in [1.82, 2.24) is 10.1 Å². The average Bonchev–Trinajstić information content (AvgIpc) is 2.95. The molecule has 0 spiro atoms. The predicted molar refractivity (Wildman–Crippen MR) is 83.0 cm³/mol. The van der Waals surface area contributed by atoms with Gasteiger partial charge in [0.15, 0.2) is 0 Å². The van der Waals surface area contributed by atoms with Gasteiger partial charge in [0.1, 0.15) is 0 Å². The summed E-state index contributed by atoms with van der Waals surface area (Å²) in [5.74, 6) is 1.20. The summed E-state index contributed by atoms with van der Waals surface area (Å²) in [4.78, 5) is 4.41. The van der Waals surface area contributed by atoms with Crippen LogP contribution in [0.3, 0.4) is 0 Å². The SMILES string of the molecule is Cc1ccc(-c2noc(CNc3cccc(C)c3)n2)cc1. The molecule has 0 fully saturated rings. The van der Waals surface area contributed by atoms with E-state index in [-0.39, 0.29) is 0 Å². The van der Waals surface area contributed by atoms with E-state index in [1.165, 1.54) is 11.1 Å². The number of nitrogens with zero attached hydrogens (tertiary/aromatic N) is 2. The van der Waals surface area contributed by atoms with E-state index < -0.39 is 0 Å². The molecule has 0 atom stereocenters. The van der Waals surface area contributed by atoms with Crippen molar-refractivity contribution in [2.45, 2.75) is 20.4 Å². The molecule has 4 nitrogen and oxygen atoms in total. The maximum Gasteiger partial charge on any atom is 0.246 e. The number of nitrogens with one attached hydrogen (secondary N) is 1. The lowest BCUT2D eigenvalue weighted by Gasteiger charge is -2.03. The highest BCUT2D eigenvalue weighted by atomic mass is 16.5. The number of aryl methyl sites for hydroxylation is 2. The molecule has 0 saturated heterocycles. The number of aromatic nitrogens is 2. The highest BCUT2D eigenvalue weighted by molar-refractivity contribution is 5.54. The van der Waals surface area contributed by atoms with Crippen LogP contribution in [0.5, 0.6) is 0 Å². The molecule has 0 aliphatic heterocycles. The summed E-state index contributed by atoms with van der Waals surface area (Å²) < 4.78 is 5.28. The van der Waals surface area contributed by atoms with Crippen LogP contribution >= 0.6 is 0 Å². The Morgan fingerprint density at radius 2 is 1.81 bits per heavy atom. The van der Waals surface area contributed by atoms with Crippen LogP contribution in [0, 0.1) is 13.8 Å². The second-order valence-corrected chi connectivity index (χ2v) is 5.10. The summed E-state index contributed by atoms with van der Waals surface area (Å²) in [6, 6.07) is 16.3. The Morgan fingerprint density at radius 1 is 1.00 bits per heavy atom. The molecule has 4 heteroatoms. The molecule has 3 aromatic rings. The fraction of sp³-hybridized carbons (Fsp3) is 0.176. The summed E-state index contributed by atoms with van der Waals surface area (Å²) in [6.07, 6.45) is 0. The zero-order valence-corrected chi connectivity index (χ0v) is 12.1. The van der Waals surface area contributed by atoms with E-state index in [1.807, 2.05) is 36.4 Å². The Labute approximate surface area is 123 Å². The Morgan fingerprint density at radius 3 is 2.57 bits per heavy atom. The molecular formula is C17H17N3O. The number of hydrogen-bond donors (Lipinski definition) is 1. The summed E-state index contributed by atoms with van der Waals surface area (Å²) in [5.41, 5.74) is 4.44. The first-order valence-corrected chi connectivity index (χ1v) is 6.91. The molecule has 0 unspecified atom stereocenters. The summed E-state index contributed by atoms with van der Waals surface area (Å²) in [5, 5.41) is 7.30. The van der Waals surface area contributed by atoms with Gasteiger partial charge in [-0.05, 0) is 31.5 Å². The van der Waals surface area contributed by atoms with Crippen molar-refractivity contribution in [2.75, 3.05) is 5.32 Å². The van der Waals surface area contributed by atoms with Crippen LogP contribution in [0.4, 0.5) is 5.69 Å². The van der Waals surface area contributed by atoms with Gasteiger partial charge < -0.3 is 9.84 Å². The molecule has 3 rings (SSSR count). The van der Waals surface area contributed by atoms with Gasteiger partial charge in [-0.2, -0.15) is 4.98 Å². The molecular weight excluding hydrogens is 262 g/mol. The van der Waals surface area contributed by atoms with Gasteiger partial charge in [-0.15, -0.1) is 0 Å². The van der Waals surface area contributed by atoms with E-state index in [2.05, 4.69) is 41.4 Å². The predicted octanol–water partition coefficient (Wildman–Crippen LogP) is 3.97. The molecule has 0 aliphatic carbocycles. The van der Waals surface area contributed by atoms with E-state index in [0.717, 1.165) is 11.3 Å². The normalized spacial score (nSPS) is 10.6. The summed E-state index contributed by atoms with van der Waals surface area (Å²) in [6.45, 7) is 4.63. The molecule has 1 aromatic heterocycles. The standard InChI is InChI=1S/C17H17N3O/c1-12-6-8-14(9-7-12)17-19-16(21-20-17)11-18-15-5-3-4-13(2)10-15/h3-10,18H,11H2,1-2H3. The van der Waals surface area contributed by atoms with Gasteiger partial charge in [0.25, 0.3) is 0 Å². The quantitative estimate of drug-likeness (QED) is 0.785. The minimum Gasteiger partial charge on any atom is -0.376 e. The lowest BCUT2D eigenvalue weighted by atomic mass is 10.1. The van der Waals surface area contributed by atoms with Gasteiger partial charge in [-0.1, -0.05) is 47.1 Å². The van der Waals surface area contributed by atoms with Crippen LogP contribution in [0.2, 0.25) is 0 Å². The smallest absolute Gasteiger partial charge is 0.246 e. The Balaban J connectivity index is 1.69. The van der Waals surface area contributed by atoms with E-state index >= 15 is 0 Å². The van der Waals surface area contributed by atoms with E-state index in [0.29, 0.717) is 18.3 Å². The zero-order chi connectivity index (χ0) is 14.7. The molecule has 0 bridgehead atoms. The van der Waals surface area contributed by atoms with Crippen LogP contribution in [0.1, 0.15) is 17.0 Å². The van der Waals surface area contributed by atoms with Crippen molar-refractivity contribution < 1.29 is 4.52 Å². The van der Waals surface area contributed by atoms with Crippen molar-refractivity contribution in [3.8, 4) is 11.4 Å². The molecule has 1 N–H and O–H groups in total. The van der Waals surface area contributed by atoms with Gasteiger partial charge in [0.05, 0.1) is 6.54 Å². The van der Waals surface area contributed by atoms with Crippen molar-refractivity contribution in [3.05, 3.63) is 65.5 Å². The largest absolute Gasteiger partial charge is 0.376 e. The topological polar surface area (TPSA) is 51.0 Å². The molecule has 0 saturated carbocycles. The number of hydrogen-bond acceptors (Lipinski definition) is 4. The highest BCUT2D eigenvalue weighted by Crippen LogP contribution is 2.17. The van der Waals surface area contributed by atoms with Crippen molar-refractivity contribution >= 4 is 5.69 Å². The molecule has 2 aromatic carbocycles. The van der Waals surface area contributed by atoms with Gasteiger partial charge in [-0.25, -0.2) is 0 Å². The maximum atomic E-state index is 5.28. The third kappa shape index (κ3) is 3.28. The number of benzene rings is 2. The lowest BCUT2D eigenvalue weighted by molar-refractivity contribution is 0.384. The molecule has 0 amide bonds. The number of rotatable bonds is 4. The van der Waals surface area contributed by atoms with Crippen molar-refractivity contribution in [3.63, 3.8) is 0 Å². The Hall–Kier alpha value is -2.62. The van der Waals surface area contributed by atoms with E-state index in [1.54, 1.807) is 0 Å². The van der Waals surface area contributed by atoms with Gasteiger partial charge in [0, 0.05) is 11.3 Å². The molecule has 0 radical (unpaired) electrons. The lowest BCUT2D eigenvalue weighted by Crippen LogP contribution is -1.99. The van der Waals surface area contributed by atoms with Crippen LogP contribution in [0.15, 0.2) is 53.1 Å². The van der Waals surface area contributed by atoms with Gasteiger partial charge in [-0.3, -0.25) is 0 Å². The molecule has 21 heavy (non-hydrogen) atoms. The maximum absolute atomic E-state index is 5.28. The average molecular weight is 279 g/mol. The Bertz CT molecular complexity index is 732. The second kappa shape index (κ2) is 5.79. The van der Waals surface area contributed by atoms with Gasteiger partial charge in [0.2, 0.25) is 11.7 Å². The molecule has 1 heterocycles. The number of anilines is 1.